The third-order valence-corrected chi connectivity index (χ3v) is 5.46. The summed E-state index contributed by atoms with van der Waals surface area (Å²) in [6.45, 7) is 0. The highest BCUT2D eigenvalue weighted by Gasteiger charge is 2.13. The largest absolute Gasteiger partial charge is 0.455 e. The van der Waals surface area contributed by atoms with Crippen molar-refractivity contribution in [2.75, 3.05) is 10.7 Å². The summed E-state index contributed by atoms with van der Waals surface area (Å²) in [4.78, 5) is 20.1. The lowest BCUT2D eigenvalue weighted by molar-refractivity contribution is 0.100. The predicted molar refractivity (Wildman–Crippen MR) is 131 cm³/mol. The minimum atomic E-state index is -0.518. The van der Waals surface area contributed by atoms with Crippen LogP contribution in [0.15, 0.2) is 68.7 Å². The molecule has 0 bridgehead atoms. The number of carbonyl (C=O) groups is 1. The molecule has 0 fully saturated rings. The monoisotopic (exact) mass is 508 g/mol. The second kappa shape index (κ2) is 9.41. The molecule has 35 heavy (non-hydrogen) atoms. The molecule has 0 saturated carbocycles. The highest BCUT2D eigenvalue weighted by atomic mass is 35.5. The number of nitrogens with one attached hydrogen (secondary N) is 2. The van der Waals surface area contributed by atoms with Crippen molar-refractivity contribution in [2.45, 2.75) is 0 Å². The Labute approximate surface area is 206 Å². The van der Waals surface area contributed by atoms with Crippen LogP contribution in [-0.4, -0.2) is 32.4 Å². The quantitative estimate of drug-likeness (QED) is 0.206. The number of rotatable bonds is 7. The number of hydrogen-bond donors (Lipinski definition) is 3. The fourth-order valence-electron chi connectivity index (χ4n) is 3.07. The number of anilines is 3. The van der Waals surface area contributed by atoms with Crippen LogP contribution in [0, 0.1) is 0 Å². The minimum absolute atomic E-state index is 0.192. The van der Waals surface area contributed by atoms with E-state index in [9.17, 15) is 4.79 Å². The smallest absolute Gasteiger partial charge is 0.248 e. The van der Waals surface area contributed by atoms with Crippen molar-refractivity contribution in [3.8, 4) is 11.3 Å². The van der Waals surface area contributed by atoms with Gasteiger partial charge in [-0.3, -0.25) is 10.2 Å². The van der Waals surface area contributed by atoms with E-state index in [4.69, 9.17) is 38.0 Å². The Bertz CT molecular complexity index is 1580. The Morgan fingerprint density at radius 1 is 0.971 bits per heavy atom. The Balaban J connectivity index is 1.37. The number of fused-ring (bicyclic) bond motifs is 1. The molecule has 0 spiro atoms. The number of benzene rings is 2. The van der Waals surface area contributed by atoms with Crippen molar-refractivity contribution in [1.82, 2.24) is 20.3 Å². The van der Waals surface area contributed by atoms with E-state index >= 15 is 0 Å². The number of furan rings is 1. The number of hydrazone groups is 1. The number of amides is 1. The molecule has 4 N–H and O–H groups in total. The first-order valence-electron chi connectivity index (χ1n) is 9.98. The van der Waals surface area contributed by atoms with Crippen molar-refractivity contribution < 1.29 is 13.8 Å². The summed E-state index contributed by atoms with van der Waals surface area (Å²) in [5.74, 6) is 1.03. The highest BCUT2D eigenvalue weighted by molar-refractivity contribution is 6.42. The molecule has 5 aromatic rings. The van der Waals surface area contributed by atoms with Gasteiger partial charge in [0.05, 0.1) is 16.3 Å². The molecule has 0 unspecified atom stereocenters. The van der Waals surface area contributed by atoms with Gasteiger partial charge >= 0.3 is 0 Å². The van der Waals surface area contributed by atoms with E-state index in [0.717, 1.165) is 0 Å². The maximum atomic E-state index is 11.4. The van der Waals surface area contributed by atoms with E-state index in [2.05, 4.69) is 36.1 Å². The Kier molecular flexibility index (Phi) is 6.00. The van der Waals surface area contributed by atoms with Crippen molar-refractivity contribution in [3.63, 3.8) is 0 Å². The van der Waals surface area contributed by atoms with Crippen LogP contribution in [0.5, 0.6) is 0 Å². The molecule has 13 heteroatoms. The number of carbonyl (C=O) groups excluding carboxylic acids is 1. The van der Waals surface area contributed by atoms with Crippen molar-refractivity contribution in [1.29, 1.82) is 0 Å². The van der Waals surface area contributed by atoms with Crippen LogP contribution in [0.4, 0.5) is 17.3 Å². The number of primary amides is 1. The van der Waals surface area contributed by atoms with Crippen LogP contribution in [0.25, 0.3) is 22.6 Å². The molecule has 0 radical (unpaired) electrons. The van der Waals surface area contributed by atoms with Gasteiger partial charge in [-0.15, -0.1) is 0 Å². The second-order valence-electron chi connectivity index (χ2n) is 7.10. The summed E-state index contributed by atoms with van der Waals surface area (Å²) in [5.41, 5.74) is 10.3. The lowest BCUT2D eigenvalue weighted by Crippen LogP contribution is -2.10. The average molecular weight is 509 g/mol. The predicted octanol–water partition coefficient (Wildman–Crippen LogP) is 4.87. The summed E-state index contributed by atoms with van der Waals surface area (Å²) < 4.78 is 10.5. The lowest BCUT2D eigenvalue weighted by Gasteiger charge is -2.09. The number of nitrogens with zero attached hydrogens (tertiary/aromatic N) is 5. The average Bonchev–Trinajstić information content (AvgIpc) is 3.51. The molecule has 0 aliphatic heterocycles. The van der Waals surface area contributed by atoms with E-state index in [-0.39, 0.29) is 17.1 Å². The van der Waals surface area contributed by atoms with Gasteiger partial charge in [-0.2, -0.15) is 10.1 Å². The fourth-order valence-corrected chi connectivity index (χ4v) is 3.37. The SMILES string of the molecule is NC(=O)c1cccc(-c2ccc(C=NNc3nc4nonc4nc3Nc3ccc(Cl)c(Cl)c3)o2)c1. The molecule has 5 rings (SSSR count). The second-order valence-corrected chi connectivity index (χ2v) is 7.92. The van der Waals surface area contributed by atoms with Gasteiger partial charge in [0.25, 0.3) is 0 Å². The van der Waals surface area contributed by atoms with Gasteiger partial charge in [-0.25, -0.2) is 9.61 Å². The molecule has 174 valence electrons. The van der Waals surface area contributed by atoms with Crippen LogP contribution < -0.4 is 16.5 Å². The van der Waals surface area contributed by atoms with E-state index in [1.54, 1.807) is 48.5 Å². The first-order valence-corrected chi connectivity index (χ1v) is 10.7. The van der Waals surface area contributed by atoms with Gasteiger partial charge in [0.1, 0.15) is 11.5 Å². The van der Waals surface area contributed by atoms with Gasteiger partial charge in [-0.1, -0.05) is 35.3 Å². The van der Waals surface area contributed by atoms with Crippen molar-refractivity contribution >= 4 is 63.9 Å². The molecule has 0 aliphatic rings. The summed E-state index contributed by atoms with van der Waals surface area (Å²) >= 11 is 12.1. The summed E-state index contributed by atoms with van der Waals surface area (Å²) in [7, 11) is 0. The fraction of sp³-hybridized carbons (Fsp3) is 0. The van der Waals surface area contributed by atoms with Crippen LogP contribution in [0.2, 0.25) is 10.0 Å². The lowest BCUT2D eigenvalue weighted by atomic mass is 10.1. The number of hydrogen-bond acceptors (Lipinski definition) is 10. The molecule has 1 amide bonds. The van der Waals surface area contributed by atoms with Crippen LogP contribution in [0.1, 0.15) is 16.1 Å². The molecule has 11 nitrogen and oxygen atoms in total. The first-order chi connectivity index (χ1) is 17.0. The van der Waals surface area contributed by atoms with E-state index < -0.39 is 5.91 Å². The van der Waals surface area contributed by atoms with Gasteiger partial charge in [0.2, 0.25) is 17.2 Å². The van der Waals surface area contributed by atoms with Gasteiger partial charge in [0, 0.05) is 16.8 Å². The molecule has 0 atom stereocenters. The number of nitrogens with two attached hydrogens (primary N) is 1. The Hall–Kier alpha value is -4.48. The van der Waals surface area contributed by atoms with Gasteiger partial charge in [-0.05, 0) is 52.8 Å². The zero-order chi connectivity index (χ0) is 24.4. The normalized spacial score (nSPS) is 11.3. The standard InChI is InChI=1S/C22H14Cl2N8O3/c23-15-6-4-13(9-16(15)24)27-19-20(29-22-21(28-19)31-35-32-22)30-26-10-14-5-7-17(34-14)11-2-1-3-12(8-11)18(25)33/h1-10H,(H2,25,33)(H,27,28,31)(H,29,30,32). The van der Waals surface area contributed by atoms with E-state index in [0.29, 0.717) is 44.2 Å². The van der Waals surface area contributed by atoms with Crippen molar-refractivity contribution in [2.24, 2.45) is 10.8 Å². The van der Waals surface area contributed by atoms with Crippen molar-refractivity contribution in [3.05, 3.63) is 76.0 Å². The van der Waals surface area contributed by atoms with Crippen LogP contribution >= 0.6 is 23.2 Å². The summed E-state index contributed by atoms with van der Waals surface area (Å²) in [5, 5.41) is 15.5. The molecular formula is C22H14Cl2N8O3. The Morgan fingerprint density at radius 3 is 2.54 bits per heavy atom. The van der Waals surface area contributed by atoms with Crippen LogP contribution in [-0.2, 0) is 0 Å². The van der Waals surface area contributed by atoms with E-state index in [1.807, 2.05) is 6.07 Å². The topological polar surface area (TPSA) is 157 Å². The zero-order valence-corrected chi connectivity index (χ0v) is 19.1. The third kappa shape index (κ3) is 4.90. The highest BCUT2D eigenvalue weighted by Crippen LogP contribution is 2.29. The maximum absolute atomic E-state index is 11.4. The first kappa shape index (κ1) is 22.3. The summed E-state index contributed by atoms with van der Waals surface area (Å²) in [6, 6.07) is 15.3. The maximum Gasteiger partial charge on any atom is 0.248 e. The zero-order valence-electron chi connectivity index (χ0n) is 17.6. The van der Waals surface area contributed by atoms with Gasteiger partial charge < -0.3 is 15.5 Å². The minimum Gasteiger partial charge on any atom is -0.455 e. The molecule has 0 saturated heterocycles. The van der Waals surface area contributed by atoms with Gasteiger partial charge in [0.15, 0.2) is 11.6 Å². The summed E-state index contributed by atoms with van der Waals surface area (Å²) in [6.07, 6.45) is 1.46. The third-order valence-electron chi connectivity index (χ3n) is 4.72. The Morgan fingerprint density at radius 2 is 1.77 bits per heavy atom. The number of aromatic nitrogens is 4. The molecule has 2 aromatic carbocycles. The van der Waals surface area contributed by atoms with Crippen LogP contribution in [0.3, 0.4) is 0 Å². The van der Waals surface area contributed by atoms with E-state index in [1.165, 1.54) is 6.21 Å². The molecule has 3 aromatic heterocycles. The molecular weight excluding hydrogens is 495 g/mol. The molecule has 3 heterocycles. The molecule has 0 aliphatic carbocycles. The number of halogens is 2.